The van der Waals surface area contributed by atoms with Gasteiger partial charge in [0.2, 0.25) is 0 Å². The van der Waals surface area contributed by atoms with Gasteiger partial charge in [0.25, 0.3) is 0 Å². The van der Waals surface area contributed by atoms with E-state index in [-0.39, 0.29) is 0 Å². The molecule has 1 aliphatic heterocycles. The monoisotopic (exact) mass is 275 g/mol. The number of hydrogen-bond acceptors (Lipinski definition) is 3. The van der Waals surface area contributed by atoms with E-state index in [0.717, 1.165) is 25.0 Å². The topological polar surface area (TPSA) is 52.5 Å². The lowest BCUT2D eigenvalue weighted by Gasteiger charge is -2.34. The Hall–Kier alpha value is -0.835. The van der Waals surface area contributed by atoms with E-state index in [1.165, 1.54) is 11.1 Å². The van der Waals surface area contributed by atoms with E-state index < -0.39 is 11.2 Å². The average Bonchev–Trinajstić information content (AvgIpc) is 2.38. The van der Waals surface area contributed by atoms with Crippen LogP contribution in [0.15, 0.2) is 18.2 Å². The fourth-order valence-electron chi connectivity index (χ4n) is 1.93. The van der Waals surface area contributed by atoms with Gasteiger partial charge in [-0.15, -0.1) is 0 Å². The molecular formula is C16H26BNO2. The molecule has 0 amide bonds. The third kappa shape index (κ3) is 4.62. The first-order valence-corrected chi connectivity index (χ1v) is 7.20. The highest BCUT2D eigenvalue weighted by Crippen LogP contribution is 2.23. The van der Waals surface area contributed by atoms with Crippen molar-refractivity contribution >= 4 is 13.3 Å². The minimum atomic E-state index is -0.998. The van der Waals surface area contributed by atoms with Crippen molar-refractivity contribution in [2.24, 2.45) is 0 Å². The standard InChI is InChI=1S/C9H10BN.C7H16O2/c10-9-2-1-7-3-4-11-6-8(7)5-9;1-5-7(4,9)6(2,3)8/h1-2,5,11H,3-4,6H2;8-9H,5H2,1-4H3. The molecule has 1 aromatic carbocycles. The van der Waals surface area contributed by atoms with Crippen molar-refractivity contribution in [3.05, 3.63) is 29.3 Å². The summed E-state index contributed by atoms with van der Waals surface area (Å²) in [4.78, 5) is 0. The van der Waals surface area contributed by atoms with Crippen LogP contribution in [-0.4, -0.2) is 35.8 Å². The van der Waals surface area contributed by atoms with Gasteiger partial charge < -0.3 is 15.5 Å². The van der Waals surface area contributed by atoms with Crippen molar-refractivity contribution < 1.29 is 10.2 Å². The number of benzene rings is 1. The first-order valence-electron chi connectivity index (χ1n) is 7.20. The molecule has 20 heavy (non-hydrogen) atoms. The summed E-state index contributed by atoms with van der Waals surface area (Å²) in [5, 5.41) is 22.0. The Labute approximate surface area is 123 Å². The van der Waals surface area contributed by atoms with Crippen LogP contribution < -0.4 is 10.8 Å². The third-order valence-electron chi connectivity index (χ3n) is 4.12. The van der Waals surface area contributed by atoms with Gasteiger partial charge in [-0.05, 0) is 51.3 Å². The molecule has 1 atom stereocenters. The van der Waals surface area contributed by atoms with E-state index in [2.05, 4.69) is 17.4 Å². The summed E-state index contributed by atoms with van der Waals surface area (Å²) in [5.41, 5.74) is 1.70. The second-order valence-electron chi connectivity index (χ2n) is 6.14. The molecule has 0 saturated heterocycles. The van der Waals surface area contributed by atoms with Gasteiger partial charge in [-0.25, -0.2) is 0 Å². The molecule has 0 bridgehead atoms. The van der Waals surface area contributed by atoms with Gasteiger partial charge in [0, 0.05) is 6.54 Å². The van der Waals surface area contributed by atoms with Crippen molar-refractivity contribution in [3.8, 4) is 0 Å². The summed E-state index contributed by atoms with van der Waals surface area (Å²) in [6.07, 6.45) is 1.70. The van der Waals surface area contributed by atoms with E-state index in [0.29, 0.717) is 6.42 Å². The Kier molecular flexibility index (Phi) is 5.81. The summed E-state index contributed by atoms with van der Waals surface area (Å²) in [6, 6.07) is 6.16. The first kappa shape index (κ1) is 17.2. The normalized spacial score (nSPS) is 17.5. The minimum absolute atomic E-state index is 0.566. The van der Waals surface area contributed by atoms with Gasteiger partial charge in [-0.1, -0.05) is 30.6 Å². The quantitative estimate of drug-likeness (QED) is 0.707. The van der Waals surface area contributed by atoms with Crippen LogP contribution >= 0.6 is 0 Å². The third-order valence-corrected chi connectivity index (χ3v) is 4.12. The number of aliphatic hydroxyl groups is 2. The highest BCUT2D eigenvalue weighted by atomic mass is 16.3. The Balaban J connectivity index is 0.000000206. The second kappa shape index (κ2) is 6.75. The second-order valence-corrected chi connectivity index (χ2v) is 6.14. The predicted octanol–water partition coefficient (Wildman–Crippen LogP) is 1.04. The lowest BCUT2D eigenvalue weighted by Crippen LogP contribution is -2.46. The maximum absolute atomic E-state index is 9.41. The van der Waals surface area contributed by atoms with E-state index in [1.807, 2.05) is 13.0 Å². The summed E-state index contributed by atoms with van der Waals surface area (Å²) in [5.74, 6) is 0. The van der Waals surface area contributed by atoms with E-state index >= 15 is 0 Å². The molecule has 0 spiro atoms. The Morgan fingerprint density at radius 2 is 1.85 bits per heavy atom. The smallest absolute Gasteiger partial charge is 0.113 e. The van der Waals surface area contributed by atoms with Gasteiger partial charge >= 0.3 is 0 Å². The van der Waals surface area contributed by atoms with E-state index in [4.69, 9.17) is 7.85 Å². The summed E-state index contributed by atoms with van der Waals surface area (Å²) < 4.78 is 0. The fraction of sp³-hybridized carbons (Fsp3) is 0.625. The zero-order valence-electron chi connectivity index (χ0n) is 13.0. The van der Waals surface area contributed by atoms with Crippen molar-refractivity contribution in [1.82, 2.24) is 5.32 Å². The van der Waals surface area contributed by atoms with Crippen molar-refractivity contribution in [2.75, 3.05) is 6.54 Å². The van der Waals surface area contributed by atoms with E-state index in [1.54, 1.807) is 20.8 Å². The van der Waals surface area contributed by atoms with Crippen LogP contribution in [0.2, 0.25) is 0 Å². The van der Waals surface area contributed by atoms with Gasteiger partial charge in [0.1, 0.15) is 7.85 Å². The molecule has 1 unspecified atom stereocenters. The van der Waals surface area contributed by atoms with Crippen LogP contribution in [0.25, 0.3) is 0 Å². The summed E-state index contributed by atoms with van der Waals surface area (Å²) >= 11 is 0. The first-order chi connectivity index (χ1) is 9.17. The lowest BCUT2D eigenvalue weighted by molar-refractivity contribution is -0.121. The molecule has 1 aromatic rings. The number of nitrogens with one attached hydrogen (secondary N) is 1. The minimum Gasteiger partial charge on any atom is -0.387 e. The van der Waals surface area contributed by atoms with Gasteiger partial charge in [0.15, 0.2) is 0 Å². The summed E-state index contributed by atoms with van der Waals surface area (Å²) in [7, 11) is 5.65. The lowest BCUT2D eigenvalue weighted by atomic mass is 9.86. The molecule has 110 valence electrons. The average molecular weight is 275 g/mol. The zero-order valence-corrected chi connectivity index (χ0v) is 13.0. The van der Waals surface area contributed by atoms with E-state index in [9.17, 15) is 10.2 Å². The van der Waals surface area contributed by atoms with Crippen molar-refractivity contribution in [2.45, 2.75) is 58.3 Å². The Bertz CT molecular complexity index is 439. The van der Waals surface area contributed by atoms with Crippen LogP contribution in [0.1, 0.15) is 45.2 Å². The molecule has 2 radical (unpaired) electrons. The van der Waals surface area contributed by atoms with Crippen LogP contribution in [0, 0.1) is 0 Å². The summed E-state index contributed by atoms with van der Waals surface area (Å²) in [6.45, 7) is 8.76. The van der Waals surface area contributed by atoms with Gasteiger partial charge in [-0.3, -0.25) is 0 Å². The Morgan fingerprint density at radius 3 is 2.35 bits per heavy atom. The molecule has 3 N–H and O–H groups in total. The highest BCUT2D eigenvalue weighted by Gasteiger charge is 2.35. The van der Waals surface area contributed by atoms with Crippen LogP contribution in [0.5, 0.6) is 0 Å². The van der Waals surface area contributed by atoms with Crippen LogP contribution in [-0.2, 0) is 13.0 Å². The molecule has 0 fully saturated rings. The van der Waals surface area contributed by atoms with Crippen LogP contribution in [0.4, 0.5) is 0 Å². The zero-order chi connectivity index (χ0) is 15.4. The van der Waals surface area contributed by atoms with Crippen LogP contribution in [0.3, 0.4) is 0 Å². The molecule has 0 saturated carbocycles. The maximum atomic E-state index is 9.41. The molecule has 0 aromatic heterocycles. The molecule has 4 heteroatoms. The molecule has 3 nitrogen and oxygen atoms in total. The van der Waals surface area contributed by atoms with Crippen molar-refractivity contribution in [3.63, 3.8) is 0 Å². The molecular weight excluding hydrogens is 249 g/mol. The fourth-order valence-corrected chi connectivity index (χ4v) is 1.93. The highest BCUT2D eigenvalue weighted by molar-refractivity contribution is 6.32. The maximum Gasteiger partial charge on any atom is 0.113 e. The number of hydrogen-bond donors (Lipinski definition) is 3. The van der Waals surface area contributed by atoms with Gasteiger partial charge in [0.05, 0.1) is 11.2 Å². The van der Waals surface area contributed by atoms with Gasteiger partial charge in [-0.2, -0.15) is 0 Å². The predicted molar refractivity (Wildman–Crippen MR) is 84.5 cm³/mol. The molecule has 0 aliphatic carbocycles. The largest absolute Gasteiger partial charge is 0.387 e. The van der Waals surface area contributed by atoms with Crippen molar-refractivity contribution in [1.29, 1.82) is 0 Å². The molecule has 1 aliphatic rings. The molecule has 1 heterocycles. The Morgan fingerprint density at radius 1 is 1.20 bits per heavy atom. The SMILES string of the molecule is CCC(C)(O)C(C)(C)O.[B]c1ccc2c(c1)CNCC2. The number of fused-ring (bicyclic) bond motifs is 1. The number of rotatable bonds is 2. The molecule has 2 rings (SSSR count).